The van der Waals surface area contributed by atoms with Crippen LogP contribution in [0.4, 0.5) is 11.4 Å². The van der Waals surface area contributed by atoms with E-state index in [0.717, 1.165) is 27.1 Å². The number of aromatic nitrogens is 2. The maximum absolute atomic E-state index is 12.3. The molecule has 0 unspecified atom stereocenters. The van der Waals surface area contributed by atoms with Gasteiger partial charge in [-0.1, -0.05) is 22.0 Å². The Labute approximate surface area is 154 Å². The molecule has 0 aliphatic rings. The summed E-state index contributed by atoms with van der Waals surface area (Å²) in [6.45, 7) is 2.55. The van der Waals surface area contributed by atoms with E-state index in [9.17, 15) is 4.79 Å². The standard InChI is InChI=1S/C19H17BrN4O/c1-13-10-14(20)5-7-17(13)24-19(25)18-8-6-16(12-23-18)22-11-15-4-2-3-9-21-15/h2-10,12,22H,11H2,1H3,(H,24,25). The molecule has 0 aliphatic carbocycles. The lowest BCUT2D eigenvalue weighted by Gasteiger charge is -2.09. The summed E-state index contributed by atoms with van der Waals surface area (Å²) >= 11 is 3.41. The van der Waals surface area contributed by atoms with Gasteiger partial charge in [-0.2, -0.15) is 0 Å². The highest BCUT2D eigenvalue weighted by Crippen LogP contribution is 2.20. The van der Waals surface area contributed by atoms with Crippen LogP contribution in [0, 0.1) is 6.92 Å². The fourth-order valence-electron chi connectivity index (χ4n) is 2.28. The van der Waals surface area contributed by atoms with Crippen LogP contribution in [0.3, 0.4) is 0 Å². The van der Waals surface area contributed by atoms with Gasteiger partial charge < -0.3 is 10.6 Å². The van der Waals surface area contributed by atoms with Crippen molar-refractivity contribution >= 4 is 33.2 Å². The number of carbonyl (C=O) groups is 1. The molecule has 2 N–H and O–H groups in total. The summed E-state index contributed by atoms with van der Waals surface area (Å²) in [5.41, 5.74) is 3.89. The Morgan fingerprint density at radius 2 is 2.00 bits per heavy atom. The van der Waals surface area contributed by atoms with Crippen LogP contribution >= 0.6 is 15.9 Å². The van der Waals surface area contributed by atoms with E-state index in [2.05, 4.69) is 36.5 Å². The second kappa shape index (κ2) is 7.90. The van der Waals surface area contributed by atoms with Crippen LogP contribution in [0.1, 0.15) is 21.7 Å². The molecule has 0 bridgehead atoms. The molecule has 2 aromatic heterocycles. The molecule has 1 amide bonds. The maximum Gasteiger partial charge on any atom is 0.274 e. The number of nitrogens with one attached hydrogen (secondary N) is 2. The highest BCUT2D eigenvalue weighted by atomic mass is 79.9. The molecule has 6 heteroatoms. The van der Waals surface area contributed by atoms with Gasteiger partial charge in [0.1, 0.15) is 5.69 Å². The Hall–Kier alpha value is -2.73. The smallest absolute Gasteiger partial charge is 0.274 e. The van der Waals surface area contributed by atoms with Crippen LogP contribution in [0.2, 0.25) is 0 Å². The third-order valence-corrected chi connectivity index (χ3v) is 4.13. The Balaban J connectivity index is 1.62. The third kappa shape index (κ3) is 4.64. The minimum atomic E-state index is -0.235. The topological polar surface area (TPSA) is 66.9 Å². The summed E-state index contributed by atoms with van der Waals surface area (Å²) in [6, 6.07) is 15.0. The molecule has 25 heavy (non-hydrogen) atoms. The zero-order chi connectivity index (χ0) is 17.6. The number of benzene rings is 1. The average molecular weight is 397 g/mol. The van der Waals surface area contributed by atoms with E-state index in [1.54, 1.807) is 18.5 Å². The lowest BCUT2D eigenvalue weighted by molar-refractivity contribution is 0.102. The summed E-state index contributed by atoms with van der Waals surface area (Å²) in [6.07, 6.45) is 3.40. The van der Waals surface area contributed by atoms with Crippen molar-refractivity contribution in [1.29, 1.82) is 0 Å². The first kappa shape index (κ1) is 17.1. The van der Waals surface area contributed by atoms with Crippen LogP contribution in [0.15, 0.2) is 65.4 Å². The Morgan fingerprint density at radius 1 is 1.12 bits per heavy atom. The number of carbonyl (C=O) groups excluding carboxylic acids is 1. The number of rotatable bonds is 5. The fourth-order valence-corrected chi connectivity index (χ4v) is 2.76. The number of nitrogens with zero attached hydrogens (tertiary/aromatic N) is 2. The summed E-state index contributed by atoms with van der Waals surface area (Å²) < 4.78 is 0.976. The maximum atomic E-state index is 12.3. The first-order valence-electron chi connectivity index (χ1n) is 7.79. The van der Waals surface area contributed by atoms with Crippen molar-refractivity contribution in [1.82, 2.24) is 9.97 Å². The molecule has 1 aromatic carbocycles. The molecule has 0 fully saturated rings. The van der Waals surface area contributed by atoms with E-state index in [0.29, 0.717) is 12.2 Å². The molecular formula is C19H17BrN4O. The van der Waals surface area contributed by atoms with Crippen molar-refractivity contribution in [2.75, 3.05) is 10.6 Å². The lowest BCUT2D eigenvalue weighted by Crippen LogP contribution is -2.14. The van der Waals surface area contributed by atoms with Gasteiger partial charge in [-0.3, -0.25) is 9.78 Å². The van der Waals surface area contributed by atoms with E-state index < -0.39 is 0 Å². The molecule has 3 aromatic rings. The molecule has 3 rings (SSSR count). The van der Waals surface area contributed by atoms with Gasteiger partial charge in [0.2, 0.25) is 0 Å². The second-order valence-electron chi connectivity index (χ2n) is 5.52. The summed E-state index contributed by atoms with van der Waals surface area (Å²) in [4.78, 5) is 20.8. The van der Waals surface area contributed by atoms with Crippen molar-refractivity contribution in [2.45, 2.75) is 13.5 Å². The zero-order valence-electron chi connectivity index (χ0n) is 13.7. The predicted molar refractivity (Wildman–Crippen MR) is 103 cm³/mol. The summed E-state index contributed by atoms with van der Waals surface area (Å²) in [5.74, 6) is -0.235. The minimum Gasteiger partial charge on any atom is -0.378 e. The van der Waals surface area contributed by atoms with Gasteiger partial charge in [0.15, 0.2) is 0 Å². The molecule has 0 spiro atoms. The molecule has 0 aliphatic heterocycles. The normalized spacial score (nSPS) is 10.3. The van der Waals surface area contributed by atoms with Gasteiger partial charge in [-0.25, -0.2) is 4.98 Å². The molecule has 0 radical (unpaired) electrons. The van der Waals surface area contributed by atoms with Gasteiger partial charge in [-0.05, 0) is 55.0 Å². The quantitative estimate of drug-likeness (QED) is 0.669. The number of pyridine rings is 2. The van der Waals surface area contributed by atoms with Crippen molar-refractivity contribution in [2.24, 2.45) is 0 Å². The van der Waals surface area contributed by atoms with Crippen molar-refractivity contribution in [3.63, 3.8) is 0 Å². The first-order chi connectivity index (χ1) is 12.1. The number of hydrogen-bond donors (Lipinski definition) is 2. The van der Waals surface area contributed by atoms with E-state index in [4.69, 9.17) is 0 Å². The van der Waals surface area contributed by atoms with Gasteiger partial charge >= 0.3 is 0 Å². The van der Waals surface area contributed by atoms with Crippen molar-refractivity contribution in [3.8, 4) is 0 Å². The predicted octanol–water partition coefficient (Wildman–Crippen LogP) is 4.41. The number of hydrogen-bond acceptors (Lipinski definition) is 4. The van der Waals surface area contributed by atoms with Crippen molar-refractivity contribution < 1.29 is 4.79 Å². The molecule has 5 nitrogen and oxygen atoms in total. The molecule has 0 saturated carbocycles. The van der Waals surface area contributed by atoms with E-state index in [1.165, 1.54) is 0 Å². The minimum absolute atomic E-state index is 0.235. The second-order valence-corrected chi connectivity index (χ2v) is 6.44. The Kier molecular flexibility index (Phi) is 5.40. The van der Waals surface area contributed by atoms with Crippen molar-refractivity contribution in [3.05, 3.63) is 82.3 Å². The van der Waals surface area contributed by atoms with Crippen LogP contribution in [0.5, 0.6) is 0 Å². The Morgan fingerprint density at radius 3 is 2.68 bits per heavy atom. The number of amides is 1. The van der Waals surface area contributed by atoms with Crippen LogP contribution in [0.25, 0.3) is 0 Å². The van der Waals surface area contributed by atoms with Gasteiger partial charge in [-0.15, -0.1) is 0 Å². The van der Waals surface area contributed by atoms with Gasteiger partial charge in [0, 0.05) is 16.4 Å². The van der Waals surface area contributed by atoms with Crippen LogP contribution in [-0.4, -0.2) is 15.9 Å². The Bertz CT molecular complexity index is 866. The highest BCUT2D eigenvalue weighted by Gasteiger charge is 2.09. The number of aryl methyl sites for hydroxylation is 1. The van der Waals surface area contributed by atoms with E-state index in [1.807, 2.05) is 49.4 Å². The SMILES string of the molecule is Cc1cc(Br)ccc1NC(=O)c1ccc(NCc2ccccn2)cn1. The molecular weight excluding hydrogens is 380 g/mol. The van der Waals surface area contributed by atoms with Gasteiger partial charge in [0.05, 0.1) is 24.1 Å². The van der Waals surface area contributed by atoms with Gasteiger partial charge in [0.25, 0.3) is 5.91 Å². The summed E-state index contributed by atoms with van der Waals surface area (Å²) in [7, 11) is 0. The monoisotopic (exact) mass is 396 g/mol. The third-order valence-electron chi connectivity index (χ3n) is 3.63. The zero-order valence-corrected chi connectivity index (χ0v) is 15.2. The first-order valence-corrected chi connectivity index (χ1v) is 8.58. The highest BCUT2D eigenvalue weighted by molar-refractivity contribution is 9.10. The fraction of sp³-hybridized carbons (Fsp3) is 0.105. The molecule has 0 atom stereocenters. The van der Waals surface area contributed by atoms with E-state index in [-0.39, 0.29) is 5.91 Å². The van der Waals surface area contributed by atoms with E-state index >= 15 is 0 Å². The number of halogens is 1. The number of anilines is 2. The largest absolute Gasteiger partial charge is 0.378 e. The van der Waals surface area contributed by atoms with Crippen LogP contribution in [-0.2, 0) is 6.54 Å². The average Bonchev–Trinajstić information content (AvgIpc) is 2.63. The summed E-state index contributed by atoms with van der Waals surface area (Å²) in [5, 5.41) is 6.11. The molecule has 2 heterocycles. The lowest BCUT2D eigenvalue weighted by atomic mass is 10.2. The van der Waals surface area contributed by atoms with Crippen LogP contribution < -0.4 is 10.6 Å². The molecule has 126 valence electrons. The molecule has 0 saturated heterocycles.